The van der Waals surface area contributed by atoms with Gasteiger partial charge in [-0.05, 0) is 79.4 Å². The third kappa shape index (κ3) is 3.59. The second-order valence-corrected chi connectivity index (χ2v) is 7.89. The Morgan fingerprint density at radius 3 is 2.19 bits per heavy atom. The van der Waals surface area contributed by atoms with E-state index in [0.717, 1.165) is 30.0 Å². The first kappa shape index (κ1) is 17.7. The Labute approximate surface area is 160 Å². The summed E-state index contributed by atoms with van der Waals surface area (Å²) in [6, 6.07) is 15.1. The van der Waals surface area contributed by atoms with Crippen LogP contribution in [-0.4, -0.2) is 20.2 Å². The summed E-state index contributed by atoms with van der Waals surface area (Å²) in [4.78, 5) is 0. The number of rotatable bonds is 4. The van der Waals surface area contributed by atoms with Crippen molar-refractivity contribution >= 4 is 5.69 Å². The van der Waals surface area contributed by atoms with Crippen molar-refractivity contribution in [3.63, 3.8) is 0 Å². The fraction of sp³-hybridized carbons (Fsp3) is 0.409. The molecule has 1 heterocycles. The second-order valence-electron chi connectivity index (χ2n) is 7.89. The van der Waals surface area contributed by atoms with Crippen LogP contribution in [0.15, 0.2) is 42.5 Å². The molecule has 1 aromatic heterocycles. The number of nitrogens with one attached hydrogen (secondary N) is 1. The first-order chi connectivity index (χ1) is 13.1. The number of hydrogen-bond acceptors (Lipinski definition) is 4. The Balaban J connectivity index is 1.77. The molecule has 1 N–H and O–H groups in total. The normalized spacial score (nSPS) is 16.3. The maximum absolute atomic E-state index is 4.50. The van der Waals surface area contributed by atoms with Crippen molar-refractivity contribution in [2.24, 2.45) is 0 Å². The summed E-state index contributed by atoms with van der Waals surface area (Å²) in [5.74, 6) is 0.910. The molecule has 27 heavy (non-hydrogen) atoms. The van der Waals surface area contributed by atoms with Crippen LogP contribution in [0, 0.1) is 20.8 Å². The number of anilines is 1. The molecule has 1 aliphatic rings. The molecule has 1 aliphatic carbocycles. The summed E-state index contributed by atoms with van der Waals surface area (Å²) in [6.07, 6.45) is 5.69. The summed E-state index contributed by atoms with van der Waals surface area (Å²) >= 11 is 0. The second kappa shape index (κ2) is 7.14. The molecular formula is C22H27N5. The number of hydrogen-bond donors (Lipinski definition) is 1. The predicted molar refractivity (Wildman–Crippen MR) is 108 cm³/mol. The Morgan fingerprint density at radius 1 is 0.852 bits per heavy atom. The fourth-order valence-corrected chi connectivity index (χ4v) is 4.21. The molecule has 0 saturated heterocycles. The SMILES string of the molecule is Cc1ccc(NC2(c3nnnn3-c3cc(C)cc(C)c3)CCCCC2)cc1. The van der Waals surface area contributed by atoms with E-state index in [-0.39, 0.29) is 5.54 Å². The van der Waals surface area contributed by atoms with E-state index in [1.54, 1.807) is 0 Å². The minimum Gasteiger partial charge on any atom is -0.373 e. The van der Waals surface area contributed by atoms with Gasteiger partial charge in [-0.15, -0.1) is 5.10 Å². The average Bonchev–Trinajstić information content (AvgIpc) is 3.14. The van der Waals surface area contributed by atoms with Crippen molar-refractivity contribution in [3.05, 3.63) is 65.0 Å². The molecule has 0 spiro atoms. The Bertz CT molecular complexity index is 900. The Hall–Kier alpha value is -2.69. The van der Waals surface area contributed by atoms with Crippen LogP contribution in [0.4, 0.5) is 5.69 Å². The lowest BCUT2D eigenvalue weighted by molar-refractivity contribution is 0.309. The summed E-state index contributed by atoms with van der Waals surface area (Å²) in [6.45, 7) is 6.34. The zero-order valence-corrected chi connectivity index (χ0v) is 16.4. The minimum atomic E-state index is -0.241. The van der Waals surface area contributed by atoms with Gasteiger partial charge in [0.1, 0.15) is 0 Å². The van der Waals surface area contributed by atoms with Gasteiger partial charge in [-0.3, -0.25) is 0 Å². The minimum absolute atomic E-state index is 0.241. The topological polar surface area (TPSA) is 55.6 Å². The Kier molecular flexibility index (Phi) is 4.68. The van der Waals surface area contributed by atoms with E-state index in [0.29, 0.717) is 0 Å². The highest BCUT2D eigenvalue weighted by molar-refractivity contribution is 5.49. The van der Waals surface area contributed by atoms with E-state index in [9.17, 15) is 0 Å². The van der Waals surface area contributed by atoms with E-state index in [1.807, 2.05) is 4.68 Å². The van der Waals surface area contributed by atoms with Gasteiger partial charge in [-0.25, -0.2) is 0 Å². The number of benzene rings is 2. The highest BCUT2D eigenvalue weighted by Crippen LogP contribution is 2.39. The van der Waals surface area contributed by atoms with E-state index in [4.69, 9.17) is 0 Å². The van der Waals surface area contributed by atoms with Crippen molar-refractivity contribution in [3.8, 4) is 5.69 Å². The van der Waals surface area contributed by atoms with Crippen LogP contribution in [0.1, 0.15) is 54.6 Å². The van der Waals surface area contributed by atoms with Crippen molar-refractivity contribution in [1.29, 1.82) is 0 Å². The number of aryl methyl sites for hydroxylation is 3. The van der Waals surface area contributed by atoms with Gasteiger partial charge in [0, 0.05) is 5.69 Å². The van der Waals surface area contributed by atoms with E-state index in [2.05, 4.69) is 84.1 Å². The standard InChI is InChI=1S/C22H27N5/c1-16-7-9-19(10-8-16)23-22(11-5-4-6-12-22)21-24-25-26-27(21)20-14-17(2)13-18(3)15-20/h7-10,13-15,23H,4-6,11-12H2,1-3H3. The third-order valence-electron chi connectivity index (χ3n) is 5.49. The van der Waals surface area contributed by atoms with E-state index in [1.165, 1.54) is 36.0 Å². The lowest BCUT2D eigenvalue weighted by Crippen LogP contribution is -2.40. The molecule has 4 rings (SSSR count). The number of nitrogens with zero attached hydrogens (tertiary/aromatic N) is 4. The average molecular weight is 361 g/mol. The summed E-state index contributed by atoms with van der Waals surface area (Å²) in [5, 5.41) is 16.7. The number of tetrazole rings is 1. The van der Waals surface area contributed by atoms with Gasteiger partial charge in [0.05, 0.1) is 11.2 Å². The van der Waals surface area contributed by atoms with Crippen LogP contribution >= 0.6 is 0 Å². The molecule has 0 aliphatic heterocycles. The zero-order chi connectivity index (χ0) is 18.9. The zero-order valence-electron chi connectivity index (χ0n) is 16.4. The summed E-state index contributed by atoms with van der Waals surface area (Å²) < 4.78 is 1.92. The molecule has 5 nitrogen and oxygen atoms in total. The van der Waals surface area contributed by atoms with Crippen molar-refractivity contribution < 1.29 is 0 Å². The van der Waals surface area contributed by atoms with Crippen LogP contribution in [0.25, 0.3) is 5.69 Å². The molecule has 2 aromatic carbocycles. The van der Waals surface area contributed by atoms with Crippen LogP contribution in [0.5, 0.6) is 0 Å². The maximum atomic E-state index is 4.50. The highest BCUT2D eigenvalue weighted by atomic mass is 15.6. The predicted octanol–water partition coefficient (Wildman–Crippen LogP) is 4.86. The molecular weight excluding hydrogens is 334 g/mol. The van der Waals surface area contributed by atoms with Gasteiger partial charge >= 0.3 is 0 Å². The summed E-state index contributed by atoms with van der Waals surface area (Å²) in [5.41, 5.74) is 5.61. The Morgan fingerprint density at radius 2 is 1.52 bits per heavy atom. The van der Waals surface area contributed by atoms with Crippen LogP contribution < -0.4 is 5.32 Å². The molecule has 1 saturated carbocycles. The highest BCUT2D eigenvalue weighted by Gasteiger charge is 2.39. The van der Waals surface area contributed by atoms with Crippen LogP contribution in [0.3, 0.4) is 0 Å². The van der Waals surface area contributed by atoms with E-state index >= 15 is 0 Å². The lowest BCUT2D eigenvalue weighted by Gasteiger charge is -2.37. The van der Waals surface area contributed by atoms with Crippen LogP contribution in [-0.2, 0) is 5.54 Å². The maximum Gasteiger partial charge on any atom is 0.181 e. The first-order valence-corrected chi connectivity index (χ1v) is 9.78. The first-order valence-electron chi connectivity index (χ1n) is 9.78. The summed E-state index contributed by atoms with van der Waals surface area (Å²) in [7, 11) is 0. The molecule has 0 atom stereocenters. The smallest absolute Gasteiger partial charge is 0.181 e. The molecule has 1 fully saturated rings. The monoisotopic (exact) mass is 361 g/mol. The van der Waals surface area contributed by atoms with Gasteiger partial charge < -0.3 is 5.32 Å². The number of aromatic nitrogens is 4. The fourth-order valence-electron chi connectivity index (χ4n) is 4.21. The van der Waals surface area contributed by atoms with E-state index < -0.39 is 0 Å². The molecule has 3 aromatic rings. The molecule has 0 amide bonds. The molecule has 5 heteroatoms. The van der Waals surface area contributed by atoms with Crippen molar-refractivity contribution in [1.82, 2.24) is 20.2 Å². The van der Waals surface area contributed by atoms with Crippen molar-refractivity contribution in [2.45, 2.75) is 58.4 Å². The molecule has 0 unspecified atom stereocenters. The van der Waals surface area contributed by atoms with Gasteiger partial charge in [-0.2, -0.15) is 4.68 Å². The molecule has 0 radical (unpaired) electrons. The third-order valence-corrected chi connectivity index (χ3v) is 5.49. The molecule has 0 bridgehead atoms. The lowest BCUT2D eigenvalue weighted by atomic mass is 9.80. The van der Waals surface area contributed by atoms with Crippen LogP contribution in [0.2, 0.25) is 0 Å². The molecule has 140 valence electrons. The quantitative estimate of drug-likeness (QED) is 0.721. The van der Waals surface area contributed by atoms with Gasteiger partial charge in [-0.1, -0.05) is 43.0 Å². The van der Waals surface area contributed by atoms with Crippen molar-refractivity contribution in [2.75, 3.05) is 5.32 Å². The largest absolute Gasteiger partial charge is 0.373 e. The van der Waals surface area contributed by atoms with Gasteiger partial charge in [0.15, 0.2) is 5.82 Å². The van der Waals surface area contributed by atoms with Gasteiger partial charge in [0.2, 0.25) is 0 Å². The van der Waals surface area contributed by atoms with Gasteiger partial charge in [0.25, 0.3) is 0 Å².